The third-order valence-corrected chi connectivity index (χ3v) is 4.37. The normalized spacial score (nSPS) is 14.2. The van der Waals surface area contributed by atoms with Gasteiger partial charge in [-0.15, -0.1) is 0 Å². The standard InChI is InChI=1S/C17H19NOS/c1-19-15-3-2-4-17(11-15)20-16-9-5-13(6-10-16)12-18-14-7-8-14/h2-6,9-11,14,18H,7-8,12H2,1H3. The van der Waals surface area contributed by atoms with Crippen molar-refractivity contribution in [3.05, 3.63) is 54.1 Å². The molecule has 1 aliphatic carbocycles. The Morgan fingerprint density at radius 2 is 1.90 bits per heavy atom. The second-order valence-corrected chi connectivity index (χ2v) is 6.23. The summed E-state index contributed by atoms with van der Waals surface area (Å²) in [6.45, 7) is 0.981. The first-order chi connectivity index (χ1) is 9.83. The first-order valence-corrected chi connectivity index (χ1v) is 7.79. The van der Waals surface area contributed by atoms with E-state index in [-0.39, 0.29) is 0 Å². The predicted molar refractivity (Wildman–Crippen MR) is 83.4 cm³/mol. The van der Waals surface area contributed by atoms with Crippen LogP contribution in [0.2, 0.25) is 0 Å². The number of nitrogens with one attached hydrogen (secondary N) is 1. The van der Waals surface area contributed by atoms with Gasteiger partial charge in [0.15, 0.2) is 0 Å². The Balaban J connectivity index is 1.61. The molecule has 1 N–H and O–H groups in total. The van der Waals surface area contributed by atoms with Crippen LogP contribution in [-0.2, 0) is 6.54 Å². The lowest BCUT2D eigenvalue weighted by atomic mass is 10.2. The molecule has 3 heteroatoms. The topological polar surface area (TPSA) is 21.3 Å². The maximum atomic E-state index is 5.25. The molecule has 0 aromatic heterocycles. The van der Waals surface area contributed by atoms with Crippen LogP contribution in [0.5, 0.6) is 5.75 Å². The zero-order valence-electron chi connectivity index (χ0n) is 11.6. The molecule has 0 spiro atoms. The van der Waals surface area contributed by atoms with Gasteiger partial charge in [0.25, 0.3) is 0 Å². The molecule has 2 aromatic rings. The van der Waals surface area contributed by atoms with Crippen LogP contribution in [-0.4, -0.2) is 13.2 Å². The molecule has 0 radical (unpaired) electrons. The van der Waals surface area contributed by atoms with E-state index in [2.05, 4.69) is 41.7 Å². The molecule has 0 heterocycles. The lowest BCUT2D eigenvalue weighted by Crippen LogP contribution is -2.14. The fraction of sp³-hybridized carbons (Fsp3) is 0.294. The predicted octanol–water partition coefficient (Wildman–Crippen LogP) is 4.10. The monoisotopic (exact) mass is 285 g/mol. The smallest absolute Gasteiger partial charge is 0.119 e. The molecule has 1 saturated carbocycles. The van der Waals surface area contributed by atoms with Gasteiger partial charge in [-0.1, -0.05) is 30.0 Å². The number of rotatable bonds is 6. The van der Waals surface area contributed by atoms with Gasteiger partial charge >= 0.3 is 0 Å². The van der Waals surface area contributed by atoms with Crippen molar-refractivity contribution in [2.75, 3.05) is 7.11 Å². The number of ether oxygens (including phenoxy) is 1. The van der Waals surface area contributed by atoms with E-state index >= 15 is 0 Å². The average molecular weight is 285 g/mol. The van der Waals surface area contributed by atoms with Crippen LogP contribution in [0.25, 0.3) is 0 Å². The fourth-order valence-corrected chi connectivity index (χ4v) is 2.89. The van der Waals surface area contributed by atoms with Crippen molar-refractivity contribution >= 4 is 11.8 Å². The second-order valence-electron chi connectivity index (χ2n) is 5.08. The molecular formula is C17H19NOS. The minimum absolute atomic E-state index is 0.765. The Morgan fingerprint density at radius 3 is 2.60 bits per heavy atom. The molecule has 0 bridgehead atoms. The third kappa shape index (κ3) is 3.78. The van der Waals surface area contributed by atoms with E-state index in [0.29, 0.717) is 0 Å². The minimum atomic E-state index is 0.765. The highest BCUT2D eigenvalue weighted by molar-refractivity contribution is 7.99. The summed E-state index contributed by atoms with van der Waals surface area (Å²) < 4.78 is 5.25. The van der Waals surface area contributed by atoms with Gasteiger partial charge in [0.05, 0.1) is 7.11 Å². The van der Waals surface area contributed by atoms with E-state index < -0.39 is 0 Å². The molecule has 0 saturated heterocycles. The summed E-state index contributed by atoms with van der Waals surface area (Å²) in [5.74, 6) is 0.903. The largest absolute Gasteiger partial charge is 0.497 e. The van der Waals surface area contributed by atoms with Gasteiger partial charge < -0.3 is 10.1 Å². The molecule has 2 nitrogen and oxygen atoms in total. The summed E-state index contributed by atoms with van der Waals surface area (Å²) in [5, 5.41) is 3.53. The van der Waals surface area contributed by atoms with Crippen LogP contribution >= 0.6 is 11.8 Å². The summed E-state index contributed by atoms with van der Waals surface area (Å²) in [6, 6.07) is 17.7. The van der Waals surface area contributed by atoms with E-state index in [1.165, 1.54) is 28.2 Å². The minimum Gasteiger partial charge on any atom is -0.497 e. The highest BCUT2D eigenvalue weighted by Crippen LogP contribution is 2.30. The van der Waals surface area contributed by atoms with Crippen molar-refractivity contribution in [1.29, 1.82) is 0 Å². The summed E-state index contributed by atoms with van der Waals surface area (Å²) >= 11 is 1.76. The van der Waals surface area contributed by atoms with Crippen LogP contribution < -0.4 is 10.1 Å². The summed E-state index contributed by atoms with van der Waals surface area (Å²) in [5.41, 5.74) is 1.35. The van der Waals surface area contributed by atoms with Crippen molar-refractivity contribution in [2.24, 2.45) is 0 Å². The van der Waals surface area contributed by atoms with Crippen LogP contribution in [0, 0.1) is 0 Å². The van der Waals surface area contributed by atoms with E-state index in [1.807, 2.05) is 12.1 Å². The van der Waals surface area contributed by atoms with Crippen LogP contribution in [0.3, 0.4) is 0 Å². The molecule has 0 atom stereocenters. The SMILES string of the molecule is COc1cccc(Sc2ccc(CNC3CC3)cc2)c1. The second kappa shape index (κ2) is 6.33. The maximum absolute atomic E-state index is 5.25. The van der Waals surface area contributed by atoms with Gasteiger partial charge in [0.2, 0.25) is 0 Å². The number of benzene rings is 2. The summed E-state index contributed by atoms with van der Waals surface area (Å²) in [7, 11) is 1.70. The molecule has 20 heavy (non-hydrogen) atoms. The molecule has 3 rings (SSSR count). The molecule has 0 unspecified atom stereocenters. The van der Waals surface area contributed by atoms with Gasteiger partial charge in [-0.3, -0.25) is 0 Å². The van der Waals surface area contributed by atoms with E-state index in [9.17, 15) is 0 Å². The Bertz CT molecular complexity index is 563. The molecular weight excluding hydrogens is 266 g/mol. The average Bonchev–Trinajstić information content (AvgIpc) is 3.31. The molecule has 104 valence electrons. The molecule has 2 aromatic carbocycles. The lowest BCUT2D eigenvalue weighted by Gasteiger charge is -2.06. The zero-order valence-corrected chi connectivity index (χ0v) is 12.5. The summed E-state index contributed by atoms with van der Waals surface area (Å²) in [6.07, 6.45) is 2.67. The van der Waals surface area contributed by atoms with E-state index in [1.54, 1.807) is 18.9 Å². The fourth-order valence-electron chi connectivity index (χ4n) is 2.03. The molecule has 1 aliphatic rings. The Kier molecular flexibility index (Phi) is 4.28. The van der Waals surface area contributed by atoms with Gasteiger partial charge in [-0.2, -0.15) is 0 Å². The van der Waals surface area contributed by atoms with Gasteiger partial charge in [-0.25, -0.2) is 0 Å². The number of methoxy groups -OCH3 is 1. The number of hydrogen-bond acceptors (Lipinski definition) is 3. The lowest BCUT2D eigenvalue weighted by molar-refractivity contribution is 0.413. The van der Waals surface area contributed by atoms with Crippen molar-refractivity contribution < 1.29 is 4.74 Å². The van der Waals surface area contributed by atoms with Crippen molar-refractivity contribution in [3.8, 4) is 5.75 Å². The Hall–Kier alpha value is -1.45. The van der Waals surface area contributed by atoms with Crippen molar-refractivity contribution in [2.45, 2.75) is 35.2 Å². The van der Waals surface area contributed by atoms with E-state index in [0.717, 1.165) is 18.3 Å². The maximum Gasteiger partial charge on any atom is 0.119 e. The quantitative estimate of drug-likeness (QED) is 0.863. The Morgan fingerprint density at radius 1 is 1.10 bits per heavy atom. The van der Waals surface area contributed by atoms with Crippen molar-refractivity contribution in [1.82, 2.24) is 5.32 Å². The molecule has 1 fully saturated rings. The van der Waals surface area contributed by atoms with Gasteiger partial charge in [0, 0.05) is 22.4 Å². The highest BCUT2D eigenvalue weighted by atomic mass is 32.2. The summed E-state index contributed by atoms with van der Waals surface area (Å²) in [4.78, 5) is 2.46. The Labute approximate surface area is 124 Å². The third-order valence-electron chi connectivity index (χ3n) is 3.37. The molecule has 0 amide bonds. The van der Waals surface area contributed by atoms with Crippen molar-refractivity contribution in [3.63, 3.8) is 0 Å². The molecule has 0 aliphatic heterocycles. The highest BCUT2D eigenvalue weighted by Gasteiger charge is 2.19. The first-order valence-electron chi connectivity index (χ1n) is 6.98. The first kappa shape index (κ1) is 13.5. The van der Waals surface area contributed by atoms with Crippen LogP contribution in [0.4, 0.5) is 0 Å². The number of hydrogen-bond donors (Lipinski definition) is 1. The van der Waals surface area contributed by atoms with Crippen LogP contribution in [0.15, 0.2) is 58.3 Å². The van der Waals surface area contributed by atoms with Crippen LogP contribution in [0.1, 0.15) is 18.4 Å². The van der Waals surface area contributed by atoms with E-state index in [4.69, 9.17) is 4.74 Å². The van der Waals surface area contributed by atoms with Gasteiger partial charge in [0.1, 0.15) is 5.75 Å². The van der Waals surface area contributed by atoms with Gasteiger partial charge in [-0.05, 0) is 48.7 Å². The zero-order chi connectivity index (χ0) is 13.8.